The molecule has 5 nitrogen and oxygen atoms in total. The topological polar surface area (TPSA) is 78.9 Å². The molecule has 0 spiro atoms. The predicted octanol–water partition coefficient (Wildman–Crippen LogP) is 2.79. The van der Waals surface area contributed by atoms with Crippen LogP contribution in [0.5, 0.6) is 0 Å². The summed E-state index contributed by atoms with van der Waals surface area (Å²) in [5.41, 5.74) is 1.10. The summed E-state index contributed by atoms with van der Waals surface area (Å²) < 4.78 is 14.8. The van der Waals surface area contributed by atoms with Gasteiger partial charge in [0.25, 0.3) is 0 Å². The molecule has 1 aromatic carbocycles. The molecule has 0 aliphatic heterocycles. The van der Waals surface area contributed by atoms with E-state index in [0.29, 0.717) is 16.5 Å². The smallest absolute Gasteiger partial charge is 0.353 e. The molecule has 2 aromatic heterocycles. The van der Waals surface area contributed by atoms with Gasteiger partial charge in [-0.2, -0.15) is 5.26 Å². The van der Waals surface area contributed by atoms with Crippen LogP contribution >= 0.6 is 0 Å². The second-order valence-electron chi connectivity index (χ2n) is 4.75. The summed E-state index contributed by atoms with van der Waals surface area (Å²) in [6.07, 6.45) is 3.00. The van der Waals surface area contributed by atoms with Crippen LogP contribution in [0.2, 0.25) is 0 Å². The molecule has 0 unspecified atom stereocenters. The molecule has 0 radical (unpaired) electrons. The van der Waals surface area contributed by atoms with Crippen LogP contribution in [-0.2, 0) is 6.54 Å². The van der Waals surface area contributed by atoms with Gasteiger partial charge in [0, 0.05) is 18.1 Å². The maximum Gasteiger partial charge on any atom is 0.353 e. The summed E-state index contributed by atoms with van der Waals surface area (Å²) in [6, 6.07) is 9.44. The number of benzene rings is 1. The van der Waals surface area contributed by atoms with Gasteiger partial charge in [-0.25, -0.2) is 9.18 Å². The van der Waals surface area contributed by atoms with Gasteiger partial charge in [-0.3, -0.25) is 4.98 Å². The first kappa shape index (κ1) is 13.8. The van der Waals surface area contributed by atoms with Crippen molar-refractivity contribution in [1.82, 2.24) is 9.55 Å². The van der Waals surface area contributed by atoms with Gasteiger partial charge in [-0.05, 0) is 23.8 Å². The van der Waals surface area contributed by atoms with E-state index >= 15 is 0 Å². The Bertz CT molecular complexity index is 925. The maximum absolute atomic E-state index is 13.3. The van der Waals surface area contributed by atoms with E-state index in [-0.39, 0.29) is 17.8 Å². The summed E-state index contributed by atoms with van der Waals surface area (Å²) in [5.74, 6) is -1.60. The molecular formula is C16H10FN3O2. The third-order valence-corrected chi connectivity index (χ3v) is 3.41. The van der Waals surface area contributed by atoms with Crippen LogP contribution in [0, 0.1) is 17.1 Å². The number of fused-ring (bicyclic) bond motifs is 1. The molecule has 0 atom stereocenters. The second kappa shape index (κ2) is 5.30. The van der Waals surface area contributed by atoms with Crippen molar-refractivity contribution >= 4 is 16.9 Å². The summed E-state index contributed by atoms with van der Waals surface area (Å²) in [5, 5.41) is 19.2. The van der Waals surface area contributed by atoms with Crippen LogP contribution in [0.3, 0.4) is 0 Å². The van der Waals surface area contributed by atoms with Gasteiger partial charge in [0.05, 0.1) is 17.3 Å². The fourth-order valence-corrected chi connectivity index (χ4v) is 2.51. The third kappa shape index (κ3) is 2.19. The van der Waals surface area contributed by atoms with Gasteiger partial charge in [0.15, 0.2) is 0 Å². The van der Waals surface area contributed by atoms with Crippen molar-refractivity contribution in [2.75, 3.05) is 0 Å². The van der Waals surface area contributed by atoms with E-state index in [9.17, 15) is 19.6 Å². The number of nitrogens with zero attached hydrogens (tertiary/aromatic N) is 3. The predicted molar refractivity (Wildman–Crippen MR) is 76.9 cm³/mol. The Morgan fingerprint density at radius 3 is 2.91 bits per heavy atom. The molecule has 0 bridgehead atoms. The SMILES string of the molecule is N#Cc1c(C(=O)O)n(Cc2cccc(F)c2)c2cnccc12. The lowest BCUT2D eigenvalue weighted by Gasteiger charge is -2.08. The fraction of sp³-hybridized carbons (Fsp3) is 0.0625. The highest BCUT2D eigenvalue weighted by Crippen LogP contribution is 2.26. The minimum Gasteiger partial charge on any atom is -0.477 e. The zero-order valence-corrected chi connectivity index (χ0v) is 11.3. The van der Waals surface area contributed by atoms with Gasteiger partial charge in [-0.15, -0.1) is 0 Å². The minimum atomic E-state index is -1.20. The summed E-state index contributed by atoms with van der Waals surface area (Å²) in [7, 11) is 0. The number of carboxylic acids is 1. The van der Waals surface area contributed by atoms with Crippen molar-refractivity contribution in [3.8, 4) is 6.07 Å². The standard InChI is InChI=1S/C16H10FN3O2/c17-11-3-1-2-10(6-11)9-20-14-8-19-5-4-12(14)13(7-18)15(20)16(21)22/h1-6,8H,9H2,(H,21,22). The molecule has 3 aromatic rings. The van der Waals surface area contributed by atoms with Gasteiger partial charge in [-0.1, -0.05) is 12.1 Å². The molecule has 108 valence electrons. The molecule has 6 heteroatoms. The molecule has 0 aliphatic rings. The van der Waals surface area contributed by atoms with Crippen molar-refractivity contribution in [2.45, 2.75) is 6.54 Å². The number of hydrogen-bond acceptors (Lipinski definition) is 3. The molecule has 0 saturated carbocycles. The zero-order chi connectivity index (χ0) is 15.7. The Morgan fingerprint density at radius 2 is 2.23 bits per heavy atom. The van der Waals surface area contributed by atoms with Crippen LogP contribution in [-0.4, -0.2) is 20.6 Å². The molecule has 0 saturated heterocycles. The highest BCUT2D eigenvalue weighted by Gasteiger charge is 2.22. The minimum absolute atomic E-state index is 0.0845. The van der Waals surface area contributed by atoms with E-state index in [0.717, 1.165) is 0 Å². The van der Waals surface area contributed by atoms with Crippen LogP contribution < -0.4 is 0 Å². The Morgan fingerprint density at radius 1 is 1.41 bits per heavy atom. The zero-order valence-electron chi connectivity index (χ0n) is 11.3. The number of hydrogen-bond donors (Lipinski definition) is 1. The largest absolute Gasteiger partial charge is 0.477 e. The number of aromatic carboxylic acids is 1. The summed E-state index contributed by atoms with van der Waals surface area (Å²) >= 11 is 0. The quantitative estimate of drug-likeness (QED) is 0.805. The molecule has 1 N–H and O–H groups in total. The van der Waals surface area contributed by atoms with E-state index < -0.39 is 11.8 Å². The molecule has 0 amide bonds. The highest BCUT2D eigenvalue weighted by molar-refractivity contribution is 6.00. The fourth-order valence-electron chi connectivity index (χ4n) is 2.51. The van der Waals surface area contributed by atoms with E-state index in [1.165, 1.54) is 29.1 Å². The van der Waals surface area contributed by atoms with Crippen LogP contribution in [0.1, 0.15) is 21.6 Å². The van der Waals surface area contributed by atoms with Crippen LogP contribution in [0.25, 0.3) is 10.9 Å². The molecule has 22 heavy (non-hydrogen) atoms. The highest BCUT2D eigenvalue weighted by atomic mass is 19.1. The maximum atomic E-state index is 13.3. The molecular weight excluding hydrogens is 285 g/mol. The third-order valence-electron chi connectivity index (χ3n) is 3.41. The number of carboxylic acid groups (broad SMARTS) is 1. The summed E-state index contributed by atoms with van der Waals surface area (Å²) in [4.78, 5) is 15.5. The van der Waals surface area contributed by atoms with Crippen molar-refractivity contribution < 1.29 is 14.3 Å². The van der Waals surface area contributed by atoms with Gasteiger partial charge < -0.3 is 9.67 Å². The average molecular weight is 295 g/mol. The van der Waals surface area contributed by atoms with E-state index in [2.05, 4.69) is 4.98 Å². The van der Waals surface area contributed by atoms with E-state index in [4.69, 9.17) is 0 Å². The number of carbonyl (C=O) groups is 1. The average Bonchev–Trinajstić information content (AvgIpc) is 2.81. The van der Waals surface area contributed by atoms with Crippen molar-refractivity contribution in [3.63, 3.8) is 0 Å². The number of nitriles is 1. The van der Waals surface area contributed by atoms with Crippen molar-refractivity contribution in [3.05, 3.63) is 65.4 Å². The number of pyridine rings is 1. The lowest BCUT2D eigenvalue weighted by molar-refractivity contribution is 0.0686. The van der Waals surface area contributed by atoms with E-state index in [1.807, 2.05) is 6.07 Å². The Balaban J connectivity index is 2.26. The monoisotopic (exact) mass is 295 g/mol. The van der Waals surface area contributed by atoms with E-state index in [1.54, 1.807) is 18.2 Å². The first-order valence-corrected chi connectivity index (χ1v) is 6.46. The number of rotatable bonds is 3. The number of aromatic nitrogens is 2. The Hall–Kier alpha value is -3.20. The molecule has 0 aliphatic carbocycles. The van der Waals surface area contributed by atoms with Crippen molar-refractivity contribution in [1.29, 1.82) is 5.26 Å². The first-order chi connectivity index (χ1) is 10.6. The van der Waals surface area contributed by atoms with Gasteiger partial charge >= 0.3 is 5.97 Å². The summed E-state index contributed by atoms with van der Waals surface area (Å²) in [6.45, 7) is 0.142. The lowest BCUT2D eigenvalue weighted by atomic mass is 10.2. The van der Waals surface area contributed by atoms with Gasteiger partial charge in [0.2, 0.25) is 0 Å². The molecule has 3 rings (SSSR count). The van der Waals surface area contributed by atoms with Gasteiger partial charge in [0.1, 0.15) is 17.6 Å². The Labute approximate surface area is 124 Å². The Kier molecular flexibility index (Phi) is 3.31. The normalized spacial score (nSPS) is 10.5. The first-order valence-electron chi connectivity index (χ1n) is 6.46. The molecule has 2 heterocycles. The van der Waals surface area contributed by atoms with Crippen LogP contribution in [0.15, 0.2) is 42.7 Å². The van der Waals surface area contributed by atoms with Crippen LogP contribution in [0.4, 0.5) is 4.39 Å². The second-order valence-corrected chi connectivity index (χ2v) is 4.75. The number of halogens is 1. The lowest BCUT2D eigenvalue weighted by Crippen LogP contribution is -2.11. The molecule has 0 fully saturated rings. The van der Waals surface area contributed by atoms with Crippen molar-refractivity contribution in [2.24, 2.45) is 0 Å².